The Morgan fingerprint density at radius 2 is 2.00 bits per heavy atom. The smallest absolute Gasteiger partial charge is 0.228 e. The first-order chi connectivity index (χ1) is 10.4. The molecule has 2 aliphatic rings. The quantitative estimate of drug-likeness (QED) is 0.642. The third kappa shape index (κ3) is 2.66. The second kappa shape index (κ2) is 6.07. The summed E-state index contributed by atoms with van der Waals surface area (Å²) in [6.45, 7) is 1.86. The van der Waals surface area contributed by atoms with Crippen LogP contribution in [0.2, 0.25) is 5.02 Å². The topological polar surface area (TPSA) is 91.5 Å². The van der Waals surface area contributed by atoms with Gasteiger partial charge in [-0.25, -0.2) is 0 Å². The lowest BCUT2D eigenvalue weighted by atomic mass is 10.00. The van der Waals surface area contributed by atoms with Crippen molar-refractivity contribution < 1.29 is 24.8 Å². The second-order valence-corrected chi connectivity index (χ2v) is 6.53. The summed E-state index contributed by atoms with van der Waals surface area (Å²) in [6, 6.07) is 3.60. The number of aliphatic hydroxyl groups is 3. The number of benzene rings is 1. The Hall–Kier alpha value is -0.700. The molecule has 1 aromatic rings. The molecule has 1 aromatic carbocycles. The van der Waals surface area contributed by atoms with E-state index in [2.05, 4.69) is 20.9 Å². The van der Waals surface area contributed by atoms with Gasteiger partial charge in [0.15, 0.2) is 0 Å². The van der Waals surface area contributed by atoms with Crippen molar-refractivity contribution in [1.82, 2.24) is 0 Å². The van der Waals surface area contributed by atoms with Gasteiger partial charge in [-0.2, -0.15) is 0 Å². The zero-order chi connectivity index (χ0) is 16.0. The number of aliphatic hydroxyl groups excluding tert-OH is 3. The van der Waals surface area contributed by atoms with Gasteiger partial charge in [-0.15, -0.1) is 0 Å². The SMILES string of the molecule is C[C@@H]1O[C@@H](OC2=c3c(Cl)c(Br)ccc3=NC2)[C@@H](O)[C@@H](O)[C@@H]1O. The molecule has 8 heteroatoms. The Balaban J connectivity index is 1.94. The predicted molar refractivity (Wildman–Crippen MR) is 81.6 cm³/mol. The van der Waals surface area contributed by atoms with Gasteiger partial charge in [0, 0.05) is 4.47 Å². The van der Waals surface area contributed by atoms with Gasteiger partial charge in [-0.05, 0) is 35.0 Å². The van der Waals surface area contributed by atoms with Crippen LogP contribution in [0, 0.1) is 0 Å². The van der Waals surface area contributed by atoms with Crippen LogP contribution >= 0.6 is 27.5 Å². The van der Waals surface area contributed by atoms with Crippen LogP contribution in [0.5, 0.6) is 0 Å². The molecular weight excluding hydrogens is 378 g/mol. The molecule has 0 radical (unpaired) electrons. The van der Waals surface area contributed by atoms with Crippen molar-refractivity contribution in [1.29, 1.82) is 0 Å². The van der Waals surface area contributed by atoms with E-state index in [1.165, 1.54) is 0 Å². The summed E-state index contributed by atoms with van der Waals surface area (Å²) >= 11 is 9.61. The van der Waals surface area contributed by atoms with Gasteiger partial charge in [0.2, 0.25) is 6.29 Å². The standard InChI is InChI=1S/C14H15BrClNO5/c1-5-11(18)12(19)13(20)14(21-5)22-8-4-17-7-3-2-6(15)10(16)9(7)8/h2-3,5,11-14,18-20H,4H2,1H3/t5-,11+,12-,13-,14-/m0/s1. The Morgan fingerprint density at radius 1 is 1.27 bits per heavy atom. The second-order valence-electron chi connectivity index (χ2n) is 5.29. The highest BCUT2D eigenvalue weighted by atomic mass is 79.9. The molecule has 0 saturated carbocycles. The molecular formula is C14H15BrClNO5. The monoisotopic (exact) mass is 391 g/mol. The van der Waals surface area contributed by atoms with Crippen LogP contribution in [0.25, 0.3) is 5.76 Å². The summed E-state index contributed by atoms with van der Waals surface area (Å²) < 4.78 is 11.8. The van der Waals surface area contributed by atoms with E-state index < -0.39 is 30.7 Å². The fraction of sp³-hybridized carbons (Fsp3) is 0.500. The van der Waals surface area contributed by atoms with E-state index in [0.29, 0.717) is 25.8 Å². The number of nitrogens with zero attached hydrogens (tertiary/aromatic N) is 1. The zero-order valence-corrected chi connectivity index (χ0v) is 14.0. The van der Waals surface area contributed by atoms with Crippen molar-refractivity contribution in [2.75, 3.05) is 6.54 Å². The highest BCUT2D eigenvalue weighted by Crippen LogP contribution is 2.25. The molecule has 2 heterocycles. The van der Waals surface area contributed by atoms with Gasteiger partial charge in [0.1, 0.15) is 24.1 Å². The van der Waals surface area contributed by atoms with Crippen LogP contribution in [-0.4, -0.2) is 52.6 Å². The van der Waals surface area contributed by atoms with E-state index in [1.54, 1.807) is 19.1 Å². The van der Waals surface area contributed by atoms with Crippen molar-refractivity contribution >= 4 is 33.3 Å². The van der Waals surface area contributed by atoms with E-state index in [4.69, 9.17) is 21.1 Å². The third-order valence-corrected chi connectivity index (χ3v) is 5.09. The summed E-state index contributed by atoms with van der Waals surface area (Å²) in [4.78, 5) is 4.31. The first-order valence-corrected chi connectivity index (χ1v) is 7.95. The van der Waals surface area contributed by atoms with Gasteiger partial charge in [-0.3, -0.25) is 4.99 Å². The van der Waals surface area contributed by atoms with E-state index in [0.717, 1.165) is 0 Å². The van der Waals surface area contributed by atoms with Crippen LogP contribution in [0.3, 0.4) is 0 Å². The molecule has 1 saturated heterocycles. The number of hydrogen-bond acceptors (Lipinski definition) is 6. The van der Waals surface area contributed by atoms with Gasteiger partial charge in [-0.1, -0.05) is 11.6 Å². The number of rotatable bonds is 2. The molecule has 0 amide bonds. The minimum absolute atomic E-state index is 0.269. The van der Waals surface area contributed by atoms with Crippen LogP contribution in [0.1, 0.15) is 6.92 Å². The predicted octanol–water partition coefficient (Wildman–Crippen LogP) is -0.312. The molecule has 22 heavy (non-hydrogen) atoms. The van der Waals surface area contributed by atoms with E-state index >= 15 is 0 Å². The molecule has 1 fully saturated rings. The summed E-state index contributed by atoms with van der Waals surface area (Å²) in [6.07, 6.45) is -5.64. The molecule has 120 valence electrons. The van der Waals surface area contributed by atoms with Crippen LogP contribution in [0.15, 0.2) is 21.6 Å². The van der Waals surface area contributed by atoms with Crippen molar-refractivity contribution in [2.24, 2.45) is 4.99 Å². The molecule has 0 aliphatic carbocycles. The lowest BCUT2D eigenvalue weighted by molar-refractivity contribution is -0.276. The largest absolute Gasteiger partial charge is 0.464 e. The lowest BCUT2D eigenvalue weighted by Gasteiger charge is -2.39. The number of hydrogen-bond donors (Lipinski definition) is 3. The van der Waals surface area contributed by atoms with Crippen molar-refractivity contribution in [3.8, 4) is 0 Å². The zero-order valence-electron chi connectivity index (χ0n) is 11.6. The molecule has 3 N–H and O–H groups in total. The third-order valence-electron chi connectivity index (χ3n) is 3.81. The van der Waals surface area contributed by atoms with E-state index in [1.807, 2.05) is 0 Å². The average Bonchev–Trinajstić information content (AvgIpc) is 2.90. The Kier molecular flexibility index (Phi) is 4.46. The Morgan fingerprint density at radius 3 is 2.73 bits per heavy atom. The van der Waals surface area contributed by atoms with E-state index in [9.17, 15) is 15.3 Å². The van der Waals surface area contributed by atoms with Crippen LogP contribution in [0.4, 0.5) is 0 Å². The first-order valence-electron chi connectivity index (χ1n) is 6.78. The number of ether oxygens (including phenoxy) is 2. The van der Waals surface area contributed by atoms with Crippen molar-refractivity contribution in [3.05, 3.63) is 32.2 Å². The maximum absolute atomic E-state index is 10.0. The summed E-state index contributed by atoms with van der Waals surface area (Å²) in [5, 5.41) is 31.3. The Bertz CT molecular complexity index is 712. The summed E-state index contributed by atoms with van der Waals surface area (Å²) in [5.74, 6) is 0.459. The van der Waals surface area contributed by atoms with Crippen LogP contribution < -0.4 is 10.6 Å². The van der Waals surface area contributed by atoms with Crippen molar-refractivity contribution in [3.63, 3.8) is 0 Å². The van der Waals surface area contributed by atoms with E-state index in [-0.39, 0.29) is 6.54 Å². The van der Waals surface area contributed by atoms with Gasteiger partial charge < -0.3 is 24.8 Å². The number of halogens is 2. The fourth-order valence-corrected chi connectivity index (χ4v) is 3.12. The normalized spacial score (nSPS) is 34.3. The van der Waals surface area contributed by atoms with Gasteiger partial charge in [0.25, 0.3) is 0 Å². The Labute approximate surface area is 139 Å². The molecule has 5 atom stereocenters. The summed E-state index contributed by atoms with van der Waals surface area (Å²) in [7, 11) is 0. The van der Waals surface area contributed by atoms with Gasteiger partial charge >= 0.3 is 0 Å². The minimum Gasteiger partial charge on any atom is -0.464 e. The highest BCUT2D eigenvalue weighted by Gasteiger charge is 2.43. The molecule has 0 spiro atoms. The molecule has 0 bridgehead atoms. The number of fused-ring (bicyclic) bond motifs is 1. The minimum atomic E-state index is -1.37. The van der Waals surface area contributed by atoms with Crippen LogP contribution in [-0.2, 0) is 9.47 Å². The lowest BCUT2D eigenvalue weighted by Crippen LogP contribution is -2.57. The molecule has 6 nitrogen and oxygen atoms in total. The highest BCUT2D eigenvalue weighted by molar-refractivity contribution is 9.10. The molecule has 0 unspecified atom stereocenters. The molecule has 0 aromatic heterocycles. The van der Waals surface area contributed by atoms with Crippen molar-refractivity contribution in [2.45, 2.75) is 37.6 Å². The maximum Gasteiger partial charge on any atom is 0.228 e. The molecule has 3 rings (SSSR count). The molecule has 2 aliphatic heterocycles. The first kappa shape index (κ1) is 16.2. The van der Waals surface area contributed by atoms with Gasteiger partial charge in [0.05, 0.1) is 28.2 Å². The summed E-state index contributed by atoms with van der Waals surface area (Å²) in [5.41, 5.74) is 0. The average molecular weight is 393 g/mol. The maximum atomic E-state index is 10.0. The fourth-order valence-electron chi connectivity index (χ4n) is 2.52.